The highest BCUT2D eigenvalue weighted by Gasteiger charge is 2.14. The largest absolute Gasteiger partial charge is 0.481 e. The Hall–Kier alpha value is -2.15. The van der Waals surface area contributed by atoms with Crippen LogP contribution in [-0.2, 0) is 11.2 Å². The van der Waals surface area contributed by atoms with Gasteiger partial charge in [0.05, 0.1) is 5.52 Å². The lowest BCUT2D eigenvalue weighted by Crippen LogP contribution is -2.22. The zero-order valence-corrected chi connectivity index (χ0v) is 11.8. The van der Waals surface area contributed by atoms with Gasteiger partial charge in [-0.2, -0.15) is 0 Å². The van der Waals surface area contributed by atoms with Crippen LogP contribution in [0.15, 0.2) is 33.7 Å². The van der Waals surface area contributed by atoms with Crippen molar-refractivity contribution < 1.29 is 19.8 Å². The van der Waals surface area contributed by atoms with Gasteiger partial charge in [0.2, 0.25) is 0 Å². The molecule has 104 valence electrons. The van der Waals surface area contributed by atoms with E-state index >= 15 is 0 Å². The van der Waals surface area contributed by atoms with Gasteiger partial charge >= 0.3 is 11.9 Å². The Morgan fingerprint density at radius 3 is 2.55 bits per heavy atom. The highest BCUT2D eigenvalue weighted by molar-refractivity contribution is 9.10. The van der Waals surface area contributed by atoms with E-state index in [2.05, 4.69) is 15.9 Å². The third-order valence-electron chi connectivity index (χ3n) is 2.84. The maximum Gasteiger partial charge on any atom is 0.341 e. The first-order valence-electron chi connectivity index (χ1n) is 5.69. The lowest BCUT2D eigenvalue weighted by Gasteiger charge is -2.07. The van der Waals surface area contributed by atoms with Crippen molar-refractivity contribution in [2.45, 2.75) is 12.8 Å². The predicted octanol–water partition coefficient (Wildman–Crippen LogP) is 1.78. The predicted molar refractivity (Wildman–Crippen MR) is 74.3 cm³/mol. The van der Waals surface area contributed by atoms with Gasteiger partial charge in [0.1, 0.15) is 5.56 Å². The fourth-order valence-corrected chi connectivity index (χ4v) is 2.39. The topological polar surface area (TPSA) is 96.1 Å². The molecule has 0 bridgehead atoms. The van der Waals surface area contributed by atoms with Crippen LogP contribution < -0.4 is 5.56 Å². The van der Waals surface area contributed by atoms with E-state index in [1.165, 1.54) is 16.7 Å². The zero-order chi connectivity index (χ0) is 14.9. The molecule has 0 aliphatic heterocycles. The summed E-state index contributed by atoms with van der Waals surface area (Å²) in [6.07, 6.45) is 1.78. The van der Waals surface area contributed by atoms with E-state index in [0.717, 1.165) is 5.56 Å². The zero-order valence-electron chi connectivity index (χ0n) is 10.2. The summed E-state index contributed by atoms with van der Waals surface area (Å²) in [5.74, 6) is -2.19. The molecule has 2 aromatic heterocycles. The number of aryl methyl sites for hydroxylation is 1. The number of hydrogen-bond acceptors (Lipinski definition) is 3. The van der Waals surface area contributed by atoms with Crippen molar-refractivity contribution in [3.8, 4) is 0 Å². The minimum atomic E-state index is -1.29. The summed E-state index contributed by atoms with van der Waals surface area (Å²) in [6, 6.07) is 4.52. The van der Waals surface area contributed by atoms with Crippen LogP contribution in [0.5, 0.6) is 0 Å². The van der Waals surface area contributed by atoms with Crippen LogP contribution in [-0.4, -0.2) is 26.6 Å². The molecule has 2 N–H and O–H groups in total. The molecule has 0 saturated heterocycles. The fraction of sp³-hybridized carbons (Fsp3) is 0.154. The van der Waals surface area contributed by atoms with Crippen molar-refractivity contribution in [1.82, 2.24) is 4.40 Å². The van der Waals surface area contributed by atoms with Crippen molar-refractivity contribution in [2.24, 2.45) is 0 Å². The molecule has 0 aromatic carbocycles. The van der Waals surface area contributed by atoms with Gasteiger partial charge < -0.3 is 10.2 Å². The number of carbonyl (C=O) groups is 2. The van der Waals surface area contributed by atoms with Gasteiger partial charge in [0, 0.05) is 17.1 Å². The number of nitrogens with zero attached hydrogens (tertiary/aromatic N) is 1. The first kappa shape index (κ1) is 14.3. The van der Waals surface area contributed by atoms with Crippen LogP contribution in [0.25, 0.3) is 5.52 Å². The molecule has 0 radical (unpaired) electrons. The molecule has 0 amide bonds. The number of aliphatic carboxylic acids is 1. The van der Waals surface area contributed by atoms with E-state index in [1.54, 1.807) is 12.1 Å². The number of halogens is 1. The lowest BCUT2D eigenvalue weighted by atomic mass is 10.1. The molecular formula is C13H10BrNO5. The second kappa shape index (κ2) is 5.46. The molecule has 20 heavy (non-hydrogen) atoms. The molecule has 0 aliphatic rings. The van der Waals surface area contributed by atoms with Crippen LogP contribution in [0.4, 0.5) is 0 Å². The third kappa shape index (κ3) is 2.72. The molecule has 0 fully saturated rings. The Kier molecular flexibility index (Phi) is 3.89. The Morgan fingerprint density at radius 1 is 1.25 bits per heavy atom. The first-order valence-corrected chi connectivity index (χ1v) is 6.48. The van der Waals surface area contributed by atoms with Crippen molar-refractivity contribution >= 4 is 33.4 Å². The summed E-state index contributed by atoms with van der Waals surface area (Å²) < 4.78 is 1.68. The maximum absolute atomic E-state index is 12.0. The standard InChI is InChI=1S/C13H10BrNO5/c14-9-6-8(13(19)20)12(18)15-4-3-7(5-10(9)15)1-2-11(16)17/h3-6H,1-2H2,(H,16,17)(H,19,20). The number of aromatic carboxylic acids is 1. The van der Waals surface area contributed by atoms with Crippen LogP contribution in [0.2, 0.25) is 0 Å². The smallest absolute Gasteiger partial charge is 0.341 e. The first-order chi connectivity index (χ1) is 9.40. The summed E-state index contributed by atoms with van der Waals surface area (Å²) in [4.78, 5) is 33.5. The Morgan fingerprint density at radius 2 is 1.95 bits per heavy atom. The number of rotatable bonds is 4. The van der Waals surface area contributed by atoms with Crippen molar-refractivity contribution in [3.05, 3.63) is 50.3 Å². The normalized spacial score (nSPS) is 10.7. The molecule has 0 saturated carbocycles. The number of fused-ring (bicyclic) bond motifs is 1. The number of carboxylic acid groups (broad SMARTS) is 2. The molecule has 0 atom stereocenters. The van der Waals surface area contributed by atoms with Crippen LogP contribution >= 0.6 is 15.9 Å². The van der Waals surface area contributed by atoms with Crippen LogP contribution in [0, 0.1) is 0 Å². The van der Waals surface area contributed by atoms with E-state index in [9.17, 15) is 14.4 Å². The monoisotopic (exact) mass is 339 g/mol. The number of carboxylic acids is 2. The minimum absolute atomic E-state index is 0.00870. The molecule has 2 aromatic rings. The second-order valence-corrected chi connectivity index (χ2v) is 5.05. The van der Waals surface area contributed by atoms with Gasteiger partial charge in [0.25, 0.3) is 5.56 Å². The highest BCUT2D eigenvalue weighted by Crippen LogP contribution is 2.19. The third-order valence-corrected chi connectivity index (χ3v) is 3.48. The number of pyridine rings is 2. The summed E-state index contributed by atoms with van der Waals surface area (Å²) in [5.41, 5.74) is 0.312. The van der Waals surface area contributed by atoms with E-state index in [-0.39, 0.29) is 12.0 Å². The van der Waals surface area contributed by atoms with Crippen molar-refractivity contribution in [1.29, 1.82) is 0 Å². The fourth-order valence-electron chi connectivity index (χ4n) is 1.86. The molecule has 0 spiro atoms. The van der Waals surface area contributed by atoms with Gasteiger partial charge in [0.15, 0.2) is 0 Å². The summed E-state index contributed by atoms with van der Waals surface area (Å²) >= 11 is 3.23. The average molecular weight is 340 g/mol. The maximum atomic E-state index is 12.0. The number of hydrogen-bond donors (Lipinski definition) is 2. The Bertz CT molecular complexity index is 765. The van der Waals surface area contributed by atoms with Crippen LogP contribution in [0.1, 0.15) is 22.3 Å². The average Bonchev–Trinajstić information content (AvgIpc) is 2.40. The molecule has 0 unspecified atom stereocenters. The second-order valence-electron chi connectivity index (χ2n) is 4.20. The summed E-state index contributed by atoms with van der Waals surface area (Å²) in [5, 5.41) is 17.6. The summed E-state index contributed by atoms with van der Waals surface area (Å²) in [6.45, 7) is 0. The van der Waals surface area contributed by atoms with Gasteiger partial charge in [-0.25, -0.2) is 4.79 Å². The lowest BCUT2D eigenvalue weighted by molar-refractivity contribution is -0.136. The SMILES string of the molecule is O=C(O)CCc1ccn2c(=O)c(C(=O)O)cc(Br)c2c1. The van der Waals surface area contributed by atoms with Crippen LogP contribution in [0.3, 0.4) is 0 Å². The molecular weight excluding hydrogens is 330 g/mol. The van der Waals surface area contributed by atoms with Crippen molar-refractivity contribution in [3.63, 3.8) is 0 Å². The van der Waals surface area contributed by atoms with E-state index in [4.69, 9.17) is 10.2 Å². The molecule has 6 nitrogen and oxygen atoms in total. The van der Waals surface area contributed by atoms with E-state index in [0.29, 0.717) is 16.4 Å². The Labute approximate surface area is 121 Å². The van der Waals surface area contributed by atoms with E-state index in [1.807, 2.05) is 0 Å². The van der Waals surface area contributed by atoms with Gasteiger partial charge in [-0.3, -0.25) is 14.0 Å². The Balaban J connectivity index is 2.57. The molecule has 7 heteroatoms. The summed E-state index contributed by atoms with van der Waals surface area (Å²) in [7, 11) is 0. The molecule has 2 heterocycles. The van der Waals surface area contributed by atoms with E-state index < -0.39 is 17.5 Å². The van der Waals surface area contributed by atoms with Gasteiger partial charge in [-0.05, 0) is 46.1 Å². The number of aromatic nitrogens is 1. The van der Waals surface area contributed by atoms with Gasteiger partial charge in [-0.15, -0.1) is 0 Å². The molecule has 2 rings (SSSR count). The molecule has 0 aliphatic carbocycles. The minimum Gasteiger partial charge on any atom is -0.481 e. The highest BCUT2D eigenvalue weighted by atomic mass is 79.9. The quantitative estimate of drug-likeness (QED) is 0.884. The van der Waals surface area contributed by atoms with Gasteiger partial charge in [-0.1, -0.05) is 0 Å². The van der Waals surface area contributed by atoms with Crippen molar-refractivity contribution in [2.75, 3.05) is 0 Å².